The van der Waals surface area contributed by atoms with Crippen molar-refractivity contribution in [1.82, 2.24) is 4.57 Å². The fourth-order valence-electron chi connectivity index (χ4n) is 1.59. The summed E-state index contributed by atoms with van der Waals surface area (Å²) in [6.07, 6.45) is -4.07. The number of carboxylic acid groups (broad SMARTS) is 1. The Balaban J connectivity index is 2.80. The first-order valence-corrected chi connectivity index (χ1v) is 5.19. The quantitative estimate of drug-likeness (QED) is 0.905. The maximum atomic E-state index is 12.1. The Morgan fingerprint density at radius 3 is 2.56 bits per heavy atom. The topological polar surface area (TPSA) is 59.3 Å². The molecule has 0 amide bonds. The largest absolute Gasteiger partial charge is 0.478 e. The van der Waals surface area contributed by atoms with Crippen molar-refractivity contribution in [3.8, 4) is 0 Å². The van der Waals surface area contributed by atoms with Gasteiger partial charge in [0.15, 0.2) is 0 Å². The fourth-order valence-corrected chi connectivity index (χ4v) is 1.59. The van der Waals surface area contributed by atoms with Gasteiger partial charge in [0.2, 0.25) is 0 Å². The maximum absolute atomic E-state index is 12.1. The highest BCUT2D eigenvalue weighted by atomic mass is 19.4. The zero-order chi connectivity index (χ0) is 13.9. The number of rotatable bonds is 4. The Morgan fingerprint density at radius 1 is 1.50 bits per heavy atom. The standard InChI is InChI=1S/C11H12F3NO3/c1-7(5-11(12,13)14)6-15-3-2-8(10(17)18)4-9(15)16/h2-4,7H,5-6H2,1H3,(H,17,18). The van der Waals surface area contributed by atoms with Gasteiger partial charge in [-0.15, -0.1) is 0 Å². The molecule has 1 rings (SSSR count). The Bertz CT molecular complexity index is 493. The molecule has 1 unspecified atom stereocenters. The monoisotopic (exact) mass is 263 g/mol. The van der Waals surface area contributed by atoms with E-state index in [9.17, 15) is 22.8 Å². The van der Waals surface area contributed by atoms with Crippen LogP contribution in [0.1, 0.15) is 23.7 Å². The van der Waals surface area contributed by atoms with E-state index in [1.807, 2.05) is 0 Å². The Kier molecular flexibility index (Phi) is 4.15. The van der Waals surface area contributed by atoms with Crippen molar-refractivity contribution in [2.75, 3.05) is 0 Å². The Labute approximate surface area is 101 Å². The first-order chi connectivity index (χ1) is 8.19. The molecule has 7 heteroatoms. The number of carboxylic acids is 1. The van der Waals surface area contributed by atoms with Gasteiger partial charge in [-0.3, -0.25) is 4.79 Å². The van der Waals surface area contributed by atoms with Gasteiger partial charge < -0.3 is 9.67 Å². The van der Waals surface area contributed by atoms with Crippen LogP contribution in [-0.2, 0) is 6.54 Å². The molecule has 1 aromatic heterocycles. The summed E-state index contributed by atoms with van der Waals surface area (Å²) in [5, 5.41) is 8.64. The molecule has 4 nitrogen and oxygen atoms in total. The fraction of sp³-hybridized carbons (Fsp3) is 0.455. The van der Waals surface area contributed by atoms with Crippen molar-refractivity contribution < 1.29 is 23.1 Å². The second-order valence-electron chi connectivity index (χ2n) is 4.14. The van der Waals surface area contributed by atoms with Crippen LogP contribution in [0.4, 0.5) is 13.2 Å². The molecule has 1 N–H and O–H groups in total. The zero-order valence-electron chi connectivity index (χ0n) is 9.57. The van der Waals surface area contributed by atoms with E-state index in [1.54, 1.807) is 0 Å². The van der Waals surface area contributed by atoms with Crippen molar-refractivity contribution in [3.63, 3.8) is 0 Å². The lowest BCUT2D eigenvalue weighted by atomic mass is 10.1. The minimum absolute atomic E-state index is 0.0990. The zero-order valence-corrected chi connectivity index (χ0v) is 9.57. The summed E-state index contributed by atoms with van der Waals surface area (Å²) in [5.41, 5.74) is -0.802. The third kappa shape index (κ3) is 4.23. The average Bonchev–Trinajstić information content (AvgIpc) is 2.17. The SMILES string of the molecule is CC(Cn1ccc(C(=O)O)cc1=O)CC(F)(F)F. The molecule has 0 saturated carbocycles. The molecule has 0 spiro atoms. The van der Waals surface area contributed by atoms with Gasteiger partial charge in [0.05, 0.1) is 5.56 Å². The summed E-state index contributed by atoms with van der Waals surface area (Å²) in [6, 6.07) is 2.08. The minimum atomic E-state index is -4.27. The molecule has 1 atom stereocenters. The molecule has 1 heterocycles. The van der Waals surface area contributed by atoms with E-state index in [-0.39, 0.29) is 12.1 Å². The summed E-state index contributed by atoms with van der Waals surface area (Å²) in [5.74, 6) is -2.00. The molecule has 100 valence electrons. The molecule has 0 saturated heterocycles. The van der Waals surface area contributed by atoms with Gasteiger partial charge in [0, 0.05) is 25.2 Å². The van der Waals surface area contributed by atoms with E-state index in [0.29, 0.717) is 0 Å². The number of alkyl halides is 3. The van der Waals surface area contributed by atoms with Crippen LogP contribution in [0.15, 0.2) is 23.1 Å². The van der Waals surface area contributed by atoms with Crippen molar-refractivity contribution in [3.05, 3.63) is 34.2 Å². The number of carbonyl (C=O) groups is 1. The first-order valence-electron chi connectivity index (χ1n) is 5.19. The maximum Gasteiger partial charge on any atom is 0.389 e. The number of halogens is 3. The normalized spacial score (nSPS) is 13.3. The van der Waals surface area contributed by atoms with E-state index in [0.717, 1.165) is 10.6 Å². The van der Waals surface area contributed by atoms with Crippen LogP contribution < -0.4 is 5.56 Å². The molecule has 18 heavy (non-hydrogen) atoms. The molecular formula is C11H12F3NO3. The number of aromatic carboxylic acids is 1. The van der Waals surface area contributed by atoms with E-state index in [1.165, 1.54) is 19.2 Å². The highest BCUT2D eigenvalue weighted by Crippen LogP contribution is 2.25. The summed E-state index contributed by atoms with van der Waals surface area (Å²) in [4.78, 5) is 22.0. The molecule has 1 aromatic rings. The summed E-state index contributed by atoms with van der Waals surface area (Å²) >= 11 is 0. The first kappa shape index (κ1) is 14.3. The number of hydrogen-bond acceptors (Lipinski definition) is 2. The lowest BCUT2D eigenvalue weighted by Crippen LogP contribution is -2.25. The molecule has 0 aromatic carbocycles. The van der Waals surface area contributed by atoms with E-state index >= 15 is 0 Å². The van der Waals surface area contributed by atoms with Gasteiger partial charge >= 0.3 is 12.1 Å². The summed E-state index contributed by atoms with van der Waals surface area (Å²) in [6.45, 7) is 1.28. The predicted molar refractivity (Wildman–Crippen MR) is 57.5 cm³/mol. The molecule has 0 bridgehead atoms. The van der Waals surface area contributed by atoms with Gasteiger partial charge in [-0.2, -0.15) is 13.2 Å². The third-order valence-corrected chi connectivity index (χ3v) is 2.33. The van der Waals surface area contributed by atoms with Crippen LogP contribution in [0.5, 0.6) is 0 Å². The van der Waals surface area contributed by atoms with Gasteiger partial charge in [-0.25, -0.2) is 4.79 Å². The second-order valence-corrected chi connectivity index (χ2v) is 4.14. The minimum Gasteiger partial charge on any atom is -0.478 e. The van der Waals surface area contributed by atoms with Crippen LogP contribution in [0.25, 0.3) is 0 Å². The molecule has 0 aliphatic heterocycles. The van der Waals surface area contributed by atoms with Gasteiger partial charge in [0.25, 0.3) is 5.56 Å². The summed E-state index contributed by atoms with van der Waals surface area (Å²) < 4.78 is 37.4. The van der Waals surface area contributed by atoms with Gasteiger partial charge in [-0.05, 0) is 12.0 Å². The van der Waals surface area contributed by atoms with E-state index < -0.39 is 30.0 Å². The van der Waals surface area contributed by atoms with Crippen molar-refractivity contribution in [1.29, 1.82) is 0 Å². The van der Waals surface area contributed by atoms with E-state index in [2.05, 4.69) is 0 Å². The molecule has 0 fully saturated rings. The smallest absolute Gasteiger partial charge is 0.389 e. The van der Waals surface area contributed by atoms with Gasteiger partial charge in [0.1, 0.15) is 0 Å². The molecule has 0 aliphatic carbocycles. The molecular weight excluding hydrogens is 251 g/mol. The van der Waals surface area contributed by atoms with Crippen LogP contribution >= 0.6 is 0 Å². The van der Waals surface area contributed by atoms with Crippen LogP contribution in [0.3, 0.4) is 0 Å². The number of hydrogen-bond donors (Lipinski definition) is 1. The Hall–Kier alpha value is -1.79. The third-order valence-electron chi connectivity index (χ3n) is 2.33. The van der Waals surface area contributed by atoms with Crippen LogP contribution in [0.2, 0.25) is 0 Å². The average molecular weight is 263 g/mol. The molecule has 0 aliphatic rings. The summed E-state index contributed by atoms with van der Waals surface area (Å²) in [7, 11) is 0. The number of nitrogens with zero attached hydrogens (tertiary/aromatic N) is 1. The molecule has 0 radical (unpaired) electrons. The number of aromatic nitrogens is 1. The van der Waals surface area contributed by atoms with Crippen LogP contribution in [-0.4, -0.2) is 21.8 Å². The highest BCUT2D eigenvalue weighted by molar-refractivity contribution is 5.87. The lowest BCUT2D eigenvalue weighted by Gasteiger charge is -2.15. The lowest BCUT2D eigenvalue weighted by molar-refractivity contribution is -0.144. The van der Waals surface area contributed by atoms with Crippen molar-refractivity contribution in [2.24, 2.45) is 5.92 Å². The van der Waals surface area contributed by atoms with Gasteiger partial charge in [-0.1, -0.05) is 6.92 Å². The predicted octanol–water partition coefficient (Wildman–Crippen LogP) is 2.13. The number of pyridine rings is 1. The van der Waals surface area contributed by atoms with Crippen molar-refractivity contribution >= 4 is 5.97 Å². The van der Waals surface area contributed by atoms with Crippen LogP contribution in [0, 0.1) is 5.92 Å². The second kappa shape index (κ2) is 5.24. The van der Waals surface area contributed by atoms with Crippen molar-refractivity contribution in [2.45, 2.75) is 26.1 Å². The van der Waals surface area contributed by atoms with E-state index in [4.69, 9.17) is 5.11 Å². The Morgan fingerprint density at radius 2 is 2.11 bits per heavy atom. The highest BCUT2D eigenvalue weighted by Gasteiger charge is 2.30.